The lowest BCUT2D eigenvalue weighted by Gasteiger charge is -2.39. The summed E-state index contributed by atoms with van der Waals surface area (Å²) in [7, 11) is 0. The lowest BCUT2D eigenvalue weighted by atomic mass is 9.77. The second-order valence-corrected chi connectivity index (χ2v) is 7.77. The van der Waals surface area contributed by atoms with Crippen molar-refractivity contribution in [1.82, 2.24) is 5.32 Å². The number of amidine groups is 1. The van der Waals surface area contributed by atoms with Crippen molar-refractivity contribution in [2.45, 2.75) is 89.1 Å². The summed E-state index contributed by atoms with van der Waals surface area (Å²) in [5, 5.41) is 3.75. The SMILES string of the molecule is C1CCC([C@@H]2CCC[C@@H]2N=C2NC3CCC2CC3)CC1. The topological polar surface area (TPSA) is 24.4 Å². The summed E-state index contributed by atoms with van der Waals surface area (Å²) in [5.74, 6) is 4.12. The Bertz CT molecular complexity index is 362. The number of piperidine rings is 2. The highest BCUT2D eigenvalue weighted by Gasteiger charge is 2.37. The van der Waals surface area contributed by atoms with Gasteiger partial charge in [0, 0.05) is 12.0 Å². The van der Waals surface area contributed by atoms with Gasteiger partial charge in [-0.05, 0) is 50.4 Å². The molecule has 0 aromatic rings. The fraction of sp³-hybridized carbons (Fsp3) is 0.944. The minimum Gasteiger partial charge on any atom is -0.371 e. The Morgan fingerprint density at radius 1 is 0.750 bits per heavy atom. The zero-order valence-electron chi connectivity index (χ0n) is 12.8. The third-order valence-corrected chi connectivity index (χ3v) is 6.56. The van der Waals surface area contributed by atoms with Crippen LogP contribution in [0.5, 0.6) is 0 Å². The van der Waals surface area contributed by atoms with E-state index in [1.165, 1.54) is 82.9 Å². The number of rotatable bonds is 2. The minimum atomic E-state index is 0.667. The molecule has 0 unspecified atom stereocenters. The van der Waals surface area contributed by atoms with E-state index in [2.05, 4.69) is 5.32 Å². The summed E-state index contributed by atoms with van der Waals surface area (Å²) in [5.41, 5.74) is 0. The predicted molar refractivity (Wildman–Crippen MR) is 84.0 cm³/mol. The van der Waals surface area contributed by atoms with Gasteiger partial charge in [0.2, 0.25) is 0 Å². The second-order valence-electron chi connectivity index (χ2n) is 7.77. The number of nitrogens with one attached hydrogen (secondary N) is 1. The Labute approximate surface area is 123 Å². The summed E-state index contributed by atoms with van der Waals surface area (Å²) in [6, 6.07) is 1.42. The number of nitrogens with zero attached hydrogens (tertiary/aromatic N) is 1. The molecule has 2 aliphatic heterocycles. The summed E-state index contributed by atoms with van der Waals surface area (Å²) in [6.45, 7) is 0. The van der Waals surface area contributed by atoms with E-state index in [4.69, 9.17) is 4.99 Å². The molecule has 0 aromatic carbocycles. The van der Waals surface area contributed by atoms with Gasteiger partial charge >= 0.3 is 0 Å². The Kier molecular flexibility index (Phi) is 3.74. The highest BCUT2D eigenvalue weighted by Crippen LogP contribution is 2.41. The van der Waals surface area contributed by atoms with Crippen LogP contribution in [-0.4, -0.2) is 17.9 Å². The van der Waals surface area contributed by atoms with E-state index in [-0.39, 0.29) is 0 Å². The monoisotopic (exact) mass is 274 g/mol. The van der Waals surface area contributed by atoms with Crippen molar-refractivity contribution in [3.8, 4) is 0 Å². The van der Waals surface area contributed by atoms with E-state index in [1.54, 1.807) is 0 Å². The van der Waals surface area contributed by atoms with E-state index in [0.717, 1.165) is 23.8 Å². The third kappa shape index (κ3) is 2.51. The molecule has 0 spiro atoms. The predicted octanol–water partition coefficient (Wildman–Crippen LogP) is 4.30. The van der Waals surface area contributed by atoms with Gasteiger partial charge in [0.05, 0.1) is 11.9 Å². The van der Waals surface area contributed by atoms with Crippen LogP contribution in [0.4, 0.5) is 0 Å². The zero-order chi connectivity index (χ0) is 13.4. The molecule has 2 heterocycles. The molecule has 0 radical (unpaired) electrons. The van der Waals surface area contributed by atoms with Crippen molar-refractivity contribution in [3.63, 3.8) is 0 Å². The third-order valence-electron chi connectivity index (χ3n) is 6.56. The first kappa shape index (κ1) is 13.2. The van der Waals surface area contributed by atoms with E-state index < -0.39 is 0 Å². The van der Waals surface area contributed by atoms with Crippen molar-refractivity contribution in [2.75, 3.05) is 0 Å². The van der Waals surface area contributed by atoms with Crippen LogP contribution >= 0.6 is 0 Å². The molecular weight excluding hydrogens is 244 g/mol. The number of fused-ring (bicyclic) bond motifs is 3. The summed E-state index contributed by atoms with van der Waals surface area (Å²) >= 11 is 0. The lowest BCUT2D eigenvalue weighted by molar-refractivity contribution is 0.233. The Morgan fingerprint density at radius 3 is 2.25 bits per heavy atom. The molecule has 3 aliphatic carbocycles. The molecule has 3 saturated carbocycles. The second kappa shape index (κ2) is 5.69. The average molecular weight is 274 g/mol. The Morgan fingerprint density at radius 2 is 1.55 bits per heavy atom. The molecule has 1 N–H and O–H groups in total. The standard InChI is InChI=1S/C18H30N2/c1-2-5-13(6-3-1)16-7-4-8-17(16)20-18-14-9-11-15(19-18)12-10-14/h13-17H,1-12H2,(H,19,20)/t14?,15?,16-,17-/m0/s1. The van der Waals surface area contributed by atoms with E-state index in [1.807, 2.05) is 0 Å². The molecule has 5 fully saturated rings. The fourth-order valence-corrected chi connectivity index (χ4v) is 5.40. The number of hydrogen-bond acceptors (Lipinski definition) is 1. The first-order chi connectivity index (χ1) is 9.90. The molecule has 2 nitrogen and oxygen atoms in total. The largest absolute Gasteiger partial charge is 0.371 e. The first-order valence-electron chi connectivity index (χ1n) is 9.24. The molecule has 2 bridgehead atoms. The van der Waals surface area contributed by atoms with Gasteiger partial charge in [-0.25, -0.2) is 0 Å². The smallest absolute Gasteiger partial charge is 0.1000 e. The van der Waals surface area contributed by atoms with Gasteiger partial charge in [-0.2, -0.15) is 0 Å². The summed E-state index contributed by atoms with van der Waals surface area (Å²) < 4.78 is 0. The maximum Gasteiger partial charge on any atom is 0.1000 e. The van der Waals surface area contributed by atoms with Gasteiger partial charge in [-0.3, -0.25) is 4.99 Å². The normalized spacial score (nSPS) is 43.9. The summed E-state index contributed by atoms with van der Waals surface area (Å²) in [4.78, 5) is 5.28. The molecule has 2 saturated heterocycles. The van der Waals surface area contributed by atoms with Crippen LogP contribution < -0.4 is 5.32 Å². The van der Waals surface area contributed by atoms with Crippen molar-refractivity contribution >= 4 is 5.84 Å². The minimum absolute atomic E-state index is 0.667. The molecule has 112 valence electrons. The molecule has 2 heteroatoms. The van der Waals surface area contributed by atoms with Crippen LogP contribution in [0.2, 0.25) is 0 Å². The van der Waals surface area contributed by atoms with Crippen LogP contribution in [0, 0.1) is 17.8 Å². The fourth-order valence-electron chi connectivity index (χ4n) is 5.40. The first-order valence-corrected chi connectivity index (χ1v) is 9.24. The average Bonchev–Trinajstić information content (AvgIpc) is 2.97. The van der Waals surface area contributed by atoms with E-state index >= 15 is 0 Å². The molecular formula is C18H30N2. The number of hydrogen-bond donors (Lipinski definition) is 1. The van der Waals surface area contributed by atoms with Gasteiger partial charge in [-0.1, -0.05) is 38.5 Å². The van der Waals surface area contributed by atoms with Crippen LogP contribution in [-0.2, 0) is 0 Å². The van der Waals surface area contributed by atoms with Gasteiger partial charge in [0.25, 0.3) is 0 Å². The maximum atomic E-state index is 5.28. The van der Waals surface area contributed by atoms with Crippen molar-refractivity contribution in [2.24, 2.45) is 22.7 Å². The van der Waals surface area contributed by atoms with Crippen LogP contribution in [0.3, 0.4) is 0 Å². The molecule has 5 rings (SSSR count). The van der Waals surface area contributed by atoms with Crippen molar-refractivity contribution < 1.29 is 0 Å². The van der Waals surface area contributed by atoms with Gasteiger partial charge in [-0.15, -0.1) is 0 Å². The zero-order valence-corrected chi connectivity index (χ0v) is 12.8. The lowest BCUT2D eigenvalue weighted by Crippen LogP contribution is -2.49. The highest BCUT2D eigenvalue weighted by molar-refractivity contribution is 5.86. The summed E-state index contributed by atoms with van der Waals surface area (Å²) in [6.07, 6.45) is 17.3. The number of aliphatic imine (C=N–C) groups is 1. The molecule has 2 atom stereocenters. The van der Waals surface area contributed by atoms with E-state index in [9.17, 15) is 0 Å². The van der Waals surface area contributed by atoms with Crippen LogP contribution in [0.25, 0.3) is 0 Å². The van der Waals surface area contributed by atoms with Crippen molar-refractivity contribution in [3.05, 3.63) is 0 Å². The molecule has 20 heavy (non-hydrogen) atoms. The van der Waals surface area contributed by atoms with Gasteiger partial charge < -0.3 is 5.32 Å². The maximum absolute atomic E-state index is 5.28. The Balaban J connectivity index is 1.46. The highest BCUT2D eigenvalue weighted by atomic mass is 15.1. The Hall–Kier alpha value is -0.530. The van der Waals surface area contributed by atoms with Crippen molar-refractivity contribution in [1.29, 1.82) is 0 Å². The van der Waals surface area contributed by atoms with Gasteiger partial charge in [0.15, 0.2) is 0 Å². The molecule has 5 aliphatic rings. The van der Waals surface area contributed by atoms with Crippen LogP contribution in [0.15, 0.2) is 4.99 Å². The van der Waals surface area contributed by atoms with Crippen LogP contribution in [0.1, 0.15) is 77.0 Å². The van der Waals surface area contributed by atoms with E-state index in [0.29, 0.717) is 6.04 Å². The quantitative estimate of drug-likeness (QED) is 0.798. The molecule has 0 aromatic heterocycles. The molecule has 0 amide bonds. The van der Waals surface area contributed by atoms with Gasteiger partial charge in [0.1, 0.15) is 0 Å².